The van der Waals surface area contributed by atoms with Gasteiger partial charge in [0.2, 0.25) is 0 Å². The van der Waals surface area contributed by atoms with Crippen molar-refractivity contribution in [3.05, 3.63) is 22.7 Å². The van der Waals surface area contributed by atoms with Crippen LogP contribution in [0.25, 0.3) is 0 Å². The van der Waals surface area contributed by atoms with E-state index >= 15 is 0 Å². The maximum atomic E-state index is 11.3. The zero-order valence-electron chi connectivity index (χ0n) is 11.4. The summed E-state index contributed by atoms with van der Waals surface area (Å²) >= 11 is 6.12. The van der Waals surface area contributed by atoms with Gasteiger partial charge < -0.3 is 19.3 Å². The van der Waals surface area contributed by atoms with Gasteiger partial charge in [-0.3, -0.25) is 4.79 Å². The van der Waals surface area contributed by atoms with E-state index in [-0.39, 0.29) is 18.3 Å². The topological polar surface area (TPSA) is 65.0 Å². The SMILES string of the molecule is COC(=O)CC(C)C(O)c1cc(Cl)c2c(c1)OCCO2. The van der Waals surface area contributed by atoms with Crippen LogP contribution in [-0.2, 0) is 9.53 Å². The molecule has 6 heteroatoms. The van der Waals surface area contributed by atoms with Crippen LogP contribution in [0.15, 0.2) is 12.1 Å². The minimum Gasteiger partial charge on any atom is -0.486 e. The number of ether oxygens (including phenoxy) is 3. The minimum atomic E-state index is -0.831. The van der Waals surface area contributed by atoms with Crippen molar-refractivity contribution < 1.29 is 24.1 Å². The van der Waals surface area contributed by atoms with Crippen molar-refractivity contribution in [1.82, 2.24) is 0 Å². The first-order valence-corrected chi connectivity index (χ1v) is 6.74. The Morgan fingerprint density at radius 2 is 2.15 bits per heavy atom. The van der Waals surface area contributed by atoms with Crippen molar-refractivity contribution in [2.45, 2.75) is 19.4 Å². The Kier molecular flexibility index (Phi) is 4.73. The first-order chi connectivity index (χ1) is 9.52. The highest BCUT2D eigenvalue weighted by atomic mass is 35.5. The summed E-state index contributed by atoms with van der Waals surface area (Å²) in [5, 5.41) is 10.7. The highest BCUT2D eigenvalue weighted by Gasteiger charge is 2.24. The quantitative estimate of drug-likeness (QED) is 0.865. The molecule has 110 valence electrons. The number of aliphatic hydroxyl groups is 1. The number of hydrogen-bond donors (Lipinski definition) is 1. The number of benzene rings is 1. The third-order valence-electron chi connectivity index (χ3n) is 3.22. The Bertz CT molecular complexity index is 503. The van der Waals surface area contributed by atoms with Crippen molar-refractivity contribution in [3.63, 3.8) is 0 Å². The standard InChI is InChI=1S/C14H17ClO5/c1-8(5-12(16)18-2)13(17)9-6-10(15)14-11(7-9)19-3-4-20-14/h6-8,13,17H,3-5H2,1-2H3. The number of aliphatic hydroxyl groups excluding tert-OH is 1. The Balaban J connectivity index is 2.19. The molecule has 0 fully saturated rings. The Hall–Kier alpha value is -1.46. The molecule has 0 aliphatic carbocycles. The molecule has 1 aliphatic rings. The number of halogens is 1. The van der Waals surface area contributed by atoms with E-state index in [1.54, 1.807) is 19.1 Å². The first kappa shape index (κ1) is 14.9. The summed E-state index contributed by atoms with van der Waals surface area (Å²) in [6, 6.07) is 3.33. The fraction of sp³-hybridized carbons (Fsp3) is 0.500. The molecule has 2 rings (SSSR count). The lowest BCUT2D eigenvalue weighted by atomic mass is 9.94. The molecular formula is C14H17ClO5. The van der Waals surface area contributed by atoms with Crippen molar-refractivity contribution in [1.29, 1.82) is 0 Å². The van der Waals surface area contributed by atoms with Gasteiger partial charge in [-0.15, -0.1) is 0 Å². The molecule has 0 amide bonds. The second-order valence-corrected chi connectivity index (χ2v) is 5.14. The van der Waals surface area contributed by atoms with Gasteiger partial charge in [0.1, 0.15) is 13.2 Å². The summed E-state index contributed by atoms with van der Waals surface area (Å²) in [7, 11) is 1.32. The van der Waals surface area contributed by atoms with E-state index < -0.39 is 6.10 Å². The van der Waals surface area contributed by atoms with Gasteiger partial charge in [-0.1, -0.05) is 18.5 Å². The van der Waals surface area contributed by atoms with Crippen molar-refractivity contribution in [2.24, 2.45) is 5.92 Å². The molecule has 1 aliphatic heterocycles. The first-order valence-electron chi connectivity index (χ1n) is 6.37. The molecule has 5 nitrogen and oxygen atoms in total. The summed E-state index contributed by atoms with van der Waals surface area (Å²) in [6.07, 6.45) is -0.702. The number of carbonyl (C=O) groups is 1. The maximum absolute atomic E-state index is 11.3. The Labute approximate surface area is 122 Å². The average Bonchev–Trinajstić information content (AvgIpc) is 2.46. The third-order valence-corrected chi connectivity index (χ3v) is 3.50. The Morgan fingerprint density at radius 3 is 2.85 bits per heavy atom. The molecule has 20 heavy (non-hydrogen) atoms. The summed E-state index contributed by atoms with van der Waals surface area (Å²) in [6.45, 7) is 2.67. The maximum Gasteiger partial charge on any atom is 0.305 e. The van der Waals surface area contributed by atoms with Gasteiger partial charge in [-0.05, 0) is 23.6 Å². The van der Waals surface area contributed by atoms with Crippen LogP contribution in [0.2, 0.25) is 5.02 Å². The molecule has 2 unspecified atom stereocenters. The lowest BCUT2D eigenvalue weighted by Crippen LogP contribution is -2.18. The second-order valence-electron chi connectivity index (χ2n) is 4.73. The van der Waals surface area contributed by atoms with Crippen molar-refractivity contribution in [3.8, 4) is 11.5 Å². The molecule has 0 saturated heterocycles. The highest BCUT2D eigenvalue weighted by Crippen LogP contribution is 2.41. The van der Waals surface area contributed by atoms with Gasteiger partial charge in [-0.2, -0.15) is 0 Å². The second kappa shape index (κ2) is 6.33. The predicted octanol–water partition coefficient (Wildman–Crippen LogP) is 2.34. The normalized spacial score (nSPS) is 16.4. The van der Waals surface area contributed by atoms with E-state index in [0.29, 0.717) is 35.3 Å². The average molecular weight is 301 g/mol. The molecule has 0 spiro atoms. The summed E-state index contributed by atoms with van der Waals surface area (Å²) in [5.41, 5.74) is 0.593. The molecule has 0 saturated carbocycles. The molecule has 1 aromatic rings. The Morgan fingerprint density at radius 1 is 1.45 bits per heavy atom. The molecular weight excluding hydrogens is 284 g/mol. The molecule has 0 bridgehead atoms. The van der Waals surface area contributed by atoms with Gasteiger partial charge in [0.05, 0.1) is 24.7 Å². The van der Waals surface area contributed by atoms with Crippen LogP contribution in [-0.4, -0.2) is 31.4 Å². The summed E-state index contributed by atoms with van der Waals surface area (Å²) in [4.78, 5) is 11.3. The number of rotatable bonds is 4. The minimum absolute atomic E-state index is 0.129. The van der Waals surface area contributed by atoms with Crippen LogP contribution < -0.4 is 9.47 Å². The van der Waals surface area contributed by atoms with Gasteiger partial charge in [0.15, 0.2) is 11.5 Å². The van der Waals surface area contributed by atoms with Crippen molar-refractivity contribution >= 4 is 17.6 Å². The van der Waals surface area contributed by atoms with Crippen LogP contribution in [0.3, 0.4) is 0 Å². The predicted molar refractivity (Wildman–Crippen MR) is 73.2 cm³/mol. The van der Waals surface area contributed by atoms with E-state index in [2.05, 4.69) is 4.74 Å². The van der Waals surface area contributed by atoms with Crippen LogP contribution in [0, 0.1) is 5.92 Å². The van der Waals surface area contributed by atoms with Gasteiger partial charge in [-0.25, -0.2) is 0 Å². The van der Waals surface area contributed by atoms with Crippen LogP contribution in [0.1, 0.15) is 25.0 Å². The zero-order valence-corrected chi connectivity index (χ0v) is 12.1. The van der Waals surface area contributed by atoms with Gasteiger partial charge in [0, 0.05) is 0 Å². The monoisotopic (exact) mass is 300 g/mol. The summed E-state index contributed by atoms with van der Waals surface area (Å²) in [5.74, 6) is 0.360. The summed E-state index contributed by atoms with van der Waals surface area (Å²) < 4.78 is 15.5. The van der Waals surface area contributed by atoms with E-state index in [9.17, 15) is 9.90 Å². The molecule has 1 N–H and O–H groups in total. The zero-order chi connectivity index (χ0) is 14.7. The van der Waals surface area contributed by atoms with E-state index in [4.69, 9.17) is 21.1 Å². The molecule has 1 heterocycles. The fourth-order valence-electron chi connectivity index (χ4n) is 2.09. The van der Waals surface area contributed by atoms with Crippen LogP contribution >= 0.6 is 11.6 Å². The molecule has 2 atom stereocenters. The molecule has 0 aromatic heterocycles. The van der Waals surface area contributed by atoms with Gasteiger partial charge >= 0.3 is 5.97 Å². The van der Waals surface area contributed by atoms with E-state index in [0.717, 1.165) is 0 Å². The highest BCUT2D eigenvalue weighted by molar-refractivity contribution is 6.32. The lowest BCUT2D eigenvalue weighted by Gasteiger charge is -2.23. The fourth-order valence-corrected chi connectivity index (χ4v) is 2.36. The lowest BCUT2D eigenvalue weighted by molar-refractivity contribution is -0.142. The number of fused-ring (bicyclic) bond motifs is 1. The van der Waals surface area contributed by atoms with Gasteiger partial charge in [0.25, 0.3) is 0 Å². The van der Waals surface area contributed by atoms with Crippen LogP contribution in [0.5, 0.6) is 11.5 Å². The molecule has 0 radical (unpaired) electrons. The van der Waals surface area contributed by atoms with Crippen LogP contribution in [0.4, 0.5) is 0 Å². The third kappa shape index (κ3) is 3.16. The number of hydrogen-bond acceptors (Lipinski definition) is 5. The van der Waals surface area contributed by atoms with E-state index in [1.807, 2.05) is 0 Å². The number of carbonyl (C=O) groups excluding carboxylic acids is 1. The van der Waals surface area contributed by atoms with Crippen molar-refractivity contribution in [2.75, 3.05) is 20.3 Å². The number of methoxy groups -OCH3 is 1. The number of esters is 1. The molecule has 1 aromatic carbocycles. The smallest absolute Gasteiger partial charge is 0.305 e. The van der Waals surface area contributed by atoms with E-state index in [1.165, 1.54) is 7.11 Å². The largest absolute Gasteiger partial charge is 0.486 e.